The summed E-state index contributed by atoms with van der Waals surface area (Å²) in [7, 11) is 0. The Labute approximate surface area is 218 Å². The molecule has 0 atom stereocenters. The molecule has 0 amide bonds. The molecule has 0 aliphatic heterocycles. The lowest BCUT2D eigenvalue weighted by atomic mass is 9.75. The van der Waals surface area contributed by atoms with E-state index in [-0.39, 0.29) is 40.9 Å². The monoisotopic (exact) mass is 536 g/mol. The van der Waals surface area contributed by atoms with Gasteiger partial charge in [0.1, 0.15) is 6.61 Å². The number of hydrogen-bond donors (Lipinski definition) is 0. The van der Waals surface area contributed by atoms with Gasteiger partial charge in [0.25, 0.3) is 0 Å². The molecular weight excluding hydrogens is 506 g/mol. The molecule has 3 aromatic carbocycles. The van der Waals surface area contributed by atoms with Crippen LogP contribution in [0.15, 0.2) is 36.4 Å². The largest absolute Gasteiger partial charge is 0.490 e. The van der Waals surface area contributed by atoms with Crippen molar-refractivity contribution < 1.29 is 35.8 Å². The number of hydrogen-bond acceptors (Lipinski definition) is 2. The summed E-state index contributed by atoms with van der Waals surface area (Å²) in [4.78, 5) is 0. The van der Waals surface area contributed by atoms with Crippen LogP contribution >= 0.6 is 0 Å². The first-order valence-corrected chi connectivity index (χ1v) is 12.9. The van der Waals surface area contributed by atoms with Gasteiger partial charge in [0, 0.05) is 5.56 Å². The van der Waals surface area contributed by atoms with Crippen LogP contribution in [0.25, 0.3) is 0 Å². The summed E-state index contributed by atoms with van der Waals surface area (Å²) in [6.07, 6.45) is 3.53. The minimum atomic E-state index is -1.27. The third-order valence-corrected chi connectivity index (χ3v) is 7.25. The molecule has 0 bridgehead atoms. The van der Waals surface area contributed by atoms with E-state index in [1.165, 1.54) is 31.2 Å². The van der Waals surface area contributed by atoms with E-state index in [4.69, 9.17) is 9.47 Å². The number of aryl methyl sites for hydroxylation is 1. The molecule has 1 aliphatic carbocycles. The summed E-state index contributed by atoms with van der Waals surface area (Å²) in [6, 6.07) is 8.39. The Morgan fingerprint density at radius 1 is 0.632 bits per heavy atom. The molecule has 4 rings (SSSR count). The van der Waals surface area contributed by atoms with Gasteiger partial charge in [-0.3, -0.25) is 0 Å². The van der Waals surface area contributed by atoms with E-state index in [1.807, 2.05) is 6.92 Å². The Hall–Kier alpha value is -3.16. The zero-order chi connectivity index (χ0) is 27.4. The molecule has 0 unspecified atom stereocenters. The standard InChI is InChI=1S/C30H30F6O2/c1-3-4-15-37-23-13-14-24(30(36)29(23)35)38-16-20-10-12-22(28(34)26(20)32)19-8-6-18(7-9-19)21-11-5-17(2)25(31)27(21)33/h5,10-14,18-19H,3-4,6-9,15-16H2,1-2H3. The molecule has 0 aromatic heterocycles. The van der Waals surface area contributed by atoms with Crippen LogP contribution in [0.4, 0.5) is 26.3 Å². The minimum absolute atomic E-state index is 0.139. The number of rotatable bonds is 9. The van der Waals surface area contributed by atoms with Crippen LogP contribution in [0.3, 0.4) is 0 Å². The highest BCUT2D eigenvalue weighted by Gasteiger charge is 2.29. The fraction of sp³-hybridized carbons (Fsp3) is 0.400. The normalized spacial score (nSPS) is 17.5. The molecule has 1 saturated carbocycles. The summed E-state index contributed by atoms with van der Waals surface area (Å²) >= 11 is 0. The highest BCUT2D eigenvalue weighted by Crippen LogP contribution is 2.42. The van der Waals surface area contributed by atoms with Gasteiger partial charge in [-0.2, -0.15) is 8.78 Å². The zero-order valence-electron chi connectivity index (χ0n) is 21.4. The van der Waals surface area contributed by atoms with Crippen molar-refractivity contribution in [2.24, 2.45) is 0 Å². The van der Waals surface area contributed by atoms with Crippen LogP contribution < -0.4 is 9.47 Å². The summed E-state index contributed by atoms with van der Waals surface area (Å²) in [5, 5.41) is 0. The van der Waals surface area contributed by atoms with Crippen molar-refractivity contribution in [1.29, 1.82) is 0 Å². The van der Waals surface area contributed by atoms with Gasteiger partial charge < -0.3 is 9.47 Å². The lowest BCUT2D eigenvalue weighted by Gasteiger charge is -2.30. The molecule has 3 aromatic rings. The van der Waals surface area contributed by atoms with Crippen LogP contribution in [-0.4, -0.2) is 6.61 Å². The molecule has 0 radical (unpaired) electrons. The molecule has 0 heterocycles. The maximum Gasteiger partial charge on any atom is 0.204 e. The van der Waals surface area contributed by atoms with E-state index in [0.717, 1.165) is 6.42 Å². The van der Waals surface area contributed by atoms with Crippen molar-refractivity contribution in [3.05, 3.63) is 93.6 Å². The van der Waals surface area contributed by atoms with Crippen LogP contribution in [0, 0.1) is 41.8 Å². The maximum absolute atomic E-state index is 15.0. The van der Waals surface area contributed by atoms with Crippen LogP contribution in [0.5, 0.6) is 11.5 Å². The van der Waals surface area contributed by atoms with Gasteiger partial charge in [-0.15, -0.1) is 0 Å². The third kappa shape index (κ3) is 5.79. The molecule has 0 saturated heterocycles. The molecule has 38 heavy (non-hydrogen) atoms. The van der Waals surface area contributed by atoms with E-state index in [0.29, 0.717) is 37.7 Å². The van der Waals surface area contributed by atoms with Crippen molar-refractivity contribution in [2.75, 3.05) is 6.61 Å². The van der Waals surface area contributed by atoms with Crippen LogP contribution in [-0.2, 0) is 6.61 Å². The smallest absolute Gasteiger partial charge is 0.204 e. The lowest BCUT2D eigenvalue weighted by molar-refractivity contribution is 0.263. The van der Waals surface area contributed by atoms with Gasteiger partial charge in [0.2, 0.25) is 11.6 Å². The zero-order valence-corrected chi connectivity index (χ0v) is 21.4. The van der Waals surface area contributed by atoms with Crippen LogP contribution in [0.2, 0.25) is 0 Å². The Kier molecular flexibility index (Phi) is 8.90. The highest BCUT2D eigenvalue weighted by atomic mass is 19.2. The number of benzene rings is 3. The quantitative estimate of drug-likeness (QED) is 0.201. The van der Waals surface area contributed by atoms with Gasteiger partial charge in [0.05, 0.1) is 6.61 Å². The van der Waals surface area contributed by atoms with Crippen LogP contribution in [0.1, 0.15) is 79.5 Å². The Morgan fingerprint density at radius 2 is 1.16 bits per heavy atom. The Balaban J connectivity index is 1.40. The first-order valence-electron chi connectivity index (χ1n) is 12.9. The predicted octanol–water partition coefficient (Wildman–Crippen LogP) is 9.03. The van der Waals surface area contributed by atoms with Gasteiger partial charge in [0.15, 0.2) is 34.8 Å². The highest BCUT2D eigenvalue weighted by molar-refractivity contribution is 5.36. The van der Waals surface area contributed by atoms with E-state index in [2.05, 4.69) is 0 Å². The molecule has 8 heteroatoms. The van der Waals surface area contributed by atoms with Gasteiger partial charge in [-0.05, 0) is 79.7 Å². The van der Waals surface area contributed by atoms with Crippen molar-refractivity contribution >= 4 is 0 Å². The van der Waals surface area contributed by atoms with Gasteiger partial charge in [-0.25, -0.2) is 17.6 Å². The van der Waals surface area contributed by atoms with Crippen molar-refractivity contribution in [2.45, 2.75) is 70.8 Å². The summed E-state index contributed by atoms with van der Waals surface area (Å²) in [5.74, 6) is -7.45. The number of halogens is 6. The summed E-state index contributed by atoms with van der Waals surface area (Å²) in [6.45, 7) is 3.18. The average Bonchev–Trinajstić information content (AvgIpc) is 2.92. The second-order valence-corrected chi connectivity index (χ2v) is 9.77. The molecule has 1 aliphatic rings. The SMILES string of the molecule is CCCCOc1ccc(OCc2ccc(C3CCC(c4ccc(C)c(F)c4F)CC3)c(F)c2F)c(F)c1F. The first-order chi connectivity index (χ1) is 18.2. The molecule has 204 valence electrons. The second kappa shape index (κ2) is 12.1. The number of unbranched alkanes of at least 4 members (excludes halogenated alkanes) is 1. The van der Waals surface area contributed by atoms with Crippen molar-refractivity contribution in [3.8, 4) is 11.5 Å². The van der Waals surface area contributed by atoms with E-state index < -0.39 is 47.3 Å². The Bertz CT molecular complexity index is 1280. The van der Waals surface area contributed by atoms with Crippen molar-refractivity contribution in [1.82, 2.24) is 0 Å². The second-order valence-electron chi connectivity index (χ2n) is 9.77. The van der Waals surface area contributed by atoms with E-state index in [9.17, 15) is 22.0 Å². The maximum atomic E-state index is 15.0. The topological polar surface area (TPSA) is 18.5 Å². The van der Waals surface area contributed by atoms with E-state index in [1.54, 1.807) is 12.1 Å². The van der Waals surface area contributed by atoms with Gasteiger partial charge in [-0.1, -0.05) is 37.6 Å². The van der Waals surface area contributed by atoms with E-state index >= 15 is 4.39 Å². The number of ether oxygens (including phenoxy) is 2. The first kappa shape index (κ1) is 27.9. The molecule has 0 N–H and O–H groups in total. The minimum Gasteiger partial charge on any atom is -0.490 e. The Morgan fingerprint density at radius 3 is 1.74 bits per heavy atom. The predicted molar refractivity (Wildman–Crippen MR) is 132 cm³/mol. The fourth-order valence-corrected chi connectivity index (χ4v) is 4.94. The lowest BCUT2D eigenvalue weighted by Crippen LogP contribution is -2.16. The molecule has 0 spiro atoms. The molecule has 1 fully saturated rings. The fourth-order valence-electron chi connectivity index (χ4n) is 4.94. The molecule has 2 nitrogen and oxygen atoms in total. The third-order valence-electron chi connectivity index (χ3n) is 7.25. The van der Waals surface area contributed by atoms with Gasteiger partial charge >= 0.3 is 0 Å². The molecular formula is C30H30F6O2. The summed E-state index contributed by atoms with van der Waals surface area (Å²) in [5.41, 5.74) is 0.615. The van der Waals surface area contributed by atoms with Crippen molar-refractivity contribution in [3.63, 3.8) is 0 Å². The average molecular weight is 537 g/mol. The summed E-state index contributed by atoms with van der Waals surface area (Å²) < 4.78 is 97.4.